The van der Waals surface area contributed by atoms with Crippen LogP contribution in [0.2, 0.25) is 0 Å². The monoisotopic (exact) mass is 274 g/mol. The largest absolute Gasteiger partial charge is 0.497 e. The van der Waals surface area contributed by atoms with Crippen molar-refractivity contribution in [1.82, 2.24) is 5.32 Å². The van der Waals surface area contributed by atoms with E-state index in [1.54, 1.807) is 19.2 Å². The van der Waals surface area contributed by atoms with Gasteiger partial charge in [-0.25, -0.2) is 4.39 Å². The van der Waals surface area contributed by atoms with Gasteiger partial charge in [0.15, 0.2) is 0 Å². The molecule has 0 saturated carbocycles. The number of nitrogens with two attached hydrogens (primary N) is 1. The van der Waals surface area contributed by atoms with Crippen LogP contribution in [0.1, 0.15) is 15.9 Å². The molecule has 0 radical (unpaired) electrons. The van der Waals surface area contributed by atoms with Crippen LogP contribution >= 0.6 is 0 Å². The molecule has 0 spiro atoms. The number of anilines is 1. The highest BCUT2D eigenvalue weighted by atomic mass is 19.1. The van der Waals surface area contributed by atoms with Gasteiger partial charge in [0.05, 0.1) is 18.4 Å². The molecule has 3 N–H and O–H groups in total. The minimum absolute atomic E-state index is 0.138. The number of carbonyl (C=O) groups is 1. The van der Waals surface area contributed by atoms with E-state index >= 15 is 0 Å². The molecule has 0 aliphatic heterocycles. The van der Waals surface area contributed by atoms with E-state index in [9.17, 15) is 9.18 Å². The third-order valence-corrected chi connectivity index (χ3v) is 2.91. The molecule has 2 rings (SSSR count). The predicted molar refractivity (Wildman–Crippen MR) is 75.0 cm³/mol. The molecule has 20 heavy (non-hydrogen) atoms. The van der Waals surface area contributed by atoms with Crippen LogP contribution in [0, 0.1) is 5.82 Å². The van der Waals surface area contributed by atoms with Crippen LogP contribution in [-0.4, -0.2) is 13.0 Å². The molecule has 0 bridgehead atoms. The van der Waals surface area contributed by atoms with Gasteiger partial charge in [0.25, 0.3) is 5.91 Å². The van der Waals surface area contributed by atoms with Crippen LogP contribution in [0.4, 0.5) is 10.1 Å². The van der Waals surface area contributed by atoms with Gasteiger partial charge in [0.1, 0.15) is 11.6 Å². The second-order valence-corrected chi connectivity index (χ2v) is 4.23. The maximum absolute atomic E-state index is 13.3. The first-order valence-electron chi connectivity index (χ1n) is 6.07. The fourth-order valence-corrected chi connectivity index (χ4v) is 1.76. The van der Waals surface area contributed by atoms with E-state index in [2.05, 4.69) is 5.32 Å². The normalized spacial score (nSPS) is 10.1. The molecule has 2 aromatic carbocycles. The molecule has 0 unspecified atom stereocenters. The van der Waals surface area contributed by atoms with Crippen molar-refractivity contribution in [2.45, 2.75) is 6.54 Å². The molecule has 4 nitrogen and oxygen atoms in total. The molecule has 0 aliphatic carbocycles. The van der Waals surface area contributed by atoms with Gasteiger partial charge in [-0.05, 0) is 29.8 Å². The van der Waals surface area contributed by atoms with E-state index in [0.29, 0.717) is 6.54 Å². The molecule has 0 saturated heterocycles. The predicted octanol–water partition coefficient (Wildman–Crippen LogP) is 2.35. The first-order chi connectivity index (χ1) is 9.61. The Labute approximate surface area is 116 Å². The third kappa shape index (κ3) is 3.06. The number of nitrogen functional groups attached to an aromatic ring is 1. The summed E-state index contributed by atoms with van der Waals surface area (Å²) in [6, 6.07) is 11.4. The van der Waals surface area contributed by atoms with Gasteiger partial charge in [0.2, 0.25) is 0 Å². The van der Waals surface area contributed by atoms with Gasteiger partial charge >= 0.3 is 0 Å². The zero-order valence-electron chi connectivity index (χ0n) is 11.0. The molecule has 104 valence electrons. The van der Waals surface area contributed by atoms with E-state index in [1.807, 2.05) is 12.1 Å². The Morgan fingerprint density at radius 1 is 1.25 bits per heavy atom. The van der Waals surface area contributed by atoms with Gasteiger partial charge in [-0.3, -0.25) is 4.79 Å². The SMILES string of the molecule is COc1ccc(CNC(=O)c2cccc(F)c2N)cc1. The fourth-order valence-electron chi connectivity index (χ4n) is 1.76. The number of methoxy groups -OCH3 is 1. The van der Waals surface area contributed by atoms with Gasteiger partial charge in [-0.2, -0.15) is 0 Å². The van der Waals surface area contributed by atoms with Crippen LogP contribution in [0.5, 0.6) is 5.75 Å². The van der Waals surface area contributed by atoms with Gasteiger partial charge in [-0.15, -0.1) is 0 Å². The van der Waals surface area contributed by atoms with Crippen molar-refractivity contribution < 1.29 is 13.9 Å². The second-order valence-electron chi connectivity index (χ2n) is 4.23. The summed E-state index contributed by atoms with van der Waals surface area (Å²) in [6.07, 6.45) is 0. The zero-order chi connectivity index (χ0) is 14.5. The van der Waals surface area contributed by atoms with Crippen LogP contribution in [0.25, 0.3) is 0 Å². The van der Waals surface area contributed by atoms with E-state index in [0.717, 1.165) is 11.3 Å². The Balaban J connectivity index is 2.02. The number of hydrogen-bond donors (Lipinski definition) is 2. The first-order valence-corrected chi connectivity index (χ1v) is 6.07. The van der Waals surface area contributed by atoms with Crippen molar-refractivity contribution in [3.8, 4) is 5.75 Å². The summed E-state index contributed by atoms with van der Waals surface area (Å²) < 4.78 is 18.3. The highest BCUT2D eigenvalue weighted by molar-refractivity contribution is 5.99. The summed E-state index contributed by atoms with van der Waals surface area (Å²) in [5.74, 6) is -0.255. The van der Waals surface area contributed by atoms with Crippen LogP contribution in [0.3, 0.4) is 0 Å². The lowest BCUT2D eigenvalue weighted by molar-refractivity contribution is 0.0951. The summed E-state index contributed by atoms with van der Waals surface area (Å²) in [5, 5.41) is 2.69. The number of para-hydroxylation sites is 1. The summed E-state index contributed by atoms with van der Waals surface area (Å²) in [4.78, 5) is 11.9. The molecule has 5 heteroatoms. The minimum atomic E-state index is -0.595. The lowest BCUT2D eigenvalue weighted by Crippen LogP contribution is -2.24. The maximum Gasteiger partial charge on any atom is 0.253 e. The summed E-state index contributed by atoms with van der Waals surface area (Å²) in [5.41, 5.74) is 6.45. The van der Waals surface area contributed by atoms with Crippen molar-refractivity contribution in [3.05, 3.63) is 59.4 Å². The minimum Gasteiger partial charge on any atom is -0.497 e. The number of benzene rings is 2. The Morgan fingerprint density at radius 3 is 2.60 bits per heavy atom. The lowest BCUT2D eigenvalue weighted by Gasteiger charge is -2.08. The lowest BCUT2D eigenvalue weighted by atomic mass is 10.1. The van der Waals surface area contributed by atoms with Gasteiger partial charge in [-0.1, -0.05) is 18.2 Å². The van der Waals surface area contributed by atoms with Crippen LogP contribution in [0.15, 0.2) is 42.5 Å². The fraction of sp³-hybridized carbons (Fsp3) is 0.133. The maximum atomic E-state index is 13.3. The molecule has 0 atom stereocenters. The number of ether oxygens (including phenoxy) is 1. The van der Waals surface area contributed by atoms with Crippen molar-refractivity contribution in [1.29, 1.82) is 0 Å². The molecule has 0 aliphatic rings. The summed E-state index contributed by atoms with van der Waals surface area (Å²) in [6.45, 7) is 0.332. The van der Waals surface area contributed by atoms with E-state index in [-0.39, 0.29) is 11.3 Å². The molecular formula is C15H15FN2O2. The number of amides is 1. The van der Waals surface area contributed by atoms with Gasteiger partial charge < -0.3 is 15.8 Å². The Hall–Kier alpha value is -2.56. The molecule has 2 aromatic rings. The highest BCUT2D eigenvalue weighted by Crippen LogP contribution is 2.16. The Morgan fingerprint density at radius 2 is 1.95 bits per heavy atom. The third-order valence-electron chi connectivity index (χ3n) is 2.91. The quantitative estimate of drug-likeness (QED) is 0.841. The molecule has 0 fully saturated rings. The summed E-state index contributed by atoms with van der Waals surface area (Å²) in [7, 11) is 1.59. The molecule has 1 amide bonds. The van der Waals surface area contributed by atoms with E-state index in [4.69, 9.17) is 10.5 Å². The van der Waals surface area contributed by atoms with E-state index < -0.39 is 11.7 Å². The van der Waals surface area contributed by atoms with Crippen molar-refractivity contribution in [2.24, 2.45) is 0 Å². The number of carbonyl (C=O) groups excluding carboxylic acids is 1. The molecular weight excluding hydrogens is 259 g/mol. The molecule has 0 aromatic heterocycles. The van der Waals surface area contributed by atoms with Crippen molar-refractivity contribution >= 4 is 11.6 Å². The average molecular weight is 274 g/mol. The average Bonchev–Trinajstić information content (AvgIpc) is 2.48. The zero-order valence-corrected chi connectivity index (χ0v) is 11.0. The highest BCUT2D eigenvalue weighted by Gasteiger charge is 2.12. The Bertz CT molecular complexity index is 612. The Kier molecular flexibility index (Phi) is 4.20. The smallest absolute Gasteiger partial charge is 0.253 e. The van der Waals surface area contributed by atoms with Gasteiger partial charge in [0, 0.05) is 6.54 Å². The second kappa shape index (κ2) is 6.06. The number of halogens is 1. The topological polar surface area (TPSA) is 64.3 Å². The van der Waals surface area contributed by atoms with Crippen molar-refractivity contribution in [3.63, 3.8) is 0 Å². The molecule has 0 heterocycles. The van der Waals surface area contributed by atoms with Crippen LogP contribution < -0.4 is 15.8 Å². The number of hydrogen-bond acceptors (Lipinski definition) is 3. The standard InChI is InChI=1S/C15H15FN2O2/c1-20-11-7-5-10(6-8-11)9-18-15(19)12-3-2-4-13(16)14(12)17/h2-8H,9,17H2,1H3,(H,18,19). The summed E-state index contributed by atoms with van der Waals surface area (Å²) >= 11 is 0. The van der Waals surface area contributed by atoms with Crippen molar-refractivity contribution in [2.75, 3.05) is 12.8 Å². The first kappa shape index (κ1) is 13.9. The van der Waals surface area contributed by atoms with E-state index in [1.165, 1.54) is 18.2 Å². The van der Waals surface area contributed by atoms with Crippen LogP contribution in [-0.2, 0) is 6.54 Å². The number of nitrogens with one attached hydrogen (secondary N) is 1. The number of rotatable bonds is 4.